The summed E-state index contributed by atoms with van der Waals surface area (Å²) in [7, 11) is 0. The van der Waals surface area contributed by atoms with Gasteiger partial charge in [-0.1, -0.05) is 42.0 Å². The van der Waals surface area contributed by atoms with E-state index in [1.54, 1.807) is 0 Å². The third kappa shape index (κ3) is 3.90. The number of H-pyrrole nitrogens is 1. The van der Waals surface area contributed by atoms with Crippen molar-refractivity contribution in [1.29, 1.82) is 0 Å². The van der Waals surface area contributed by atoms with Crippen molar-refractivity contribution in [2.45, 2.75) is 46.2 Å². The van der Waals surface area contributed by atoms with Gasteiger partial charge in [0.2, 0.25) is 5.91 Å². The van der Waals surface area contributed by atoms with Crippen LogP contribution in [0.3, 0.4) is 0 Å². The monoisotopic (exact) mass is 406 g/mol. The molecule has 1 atom stereocenters. The molecule has 2 heterocycles. The van der Waals surface area contributed by atoms with Crippen molar-refractivity contribution in [2.24, 2.45) is 0 Å². The van der Waals surface area contributed by atoms with E-state index < -0.39 is 0 Å². The van der Waals surface area contributed by atoms with Gasteiger partial charge < -0.3 is 4.90 Å². The van der Waals surface area contributed by atoms with Gasteiger partial charge in [-0.05, 0) is 68.6 Å². The molecule has 0 unspecified atom stereocenters. The van der Waals surface area contributed by atoms with E-state index >= 15 is 0 Å². The lowest BCUT2D eigenvalue weighted by atomic mass is 9.99. The summed E-state index contributed by atoms with van der Waals surface area (Å²) in [6.07, 6.45) is 2.01. The molecular weight excluding hydrogens is 380 g/mol. The van der Waals surface area contributed by atoms with Gasteiger partial charge >= 0.3 is 0 Å². The molecule has 3 aromatic rings. The average molecular weight is 407 g/mol. The second kappa shape index (κ2) is 7.95. The summed E-state index contributed by atoms with van der Waals surface area (Å²) in [5.41, 5.74) is 5.85. The van der Waals surface area contributed by atoms with E-state index in [-0.39, 0.29) is 18.5 Å². The number of aromatic nitrogens is 3. The van der Waals surface area contributed by atoms with Crippen LogP contribution in [0.25, 0.3) is 11.4 Å². The fraction of sp³-hybridized carbons (Fsp3) is 0.348. The minimum absolute atomic E-state index is 0.0807. The van der Waals surface area contributed by atoms with Gasteiger partial charge in [-0.15, -0.1) is 0 Å². The molecule has 1 aliphatic heterocycles. The van der Waals surface area contributed by atoms with E-state index in [0.29, 0.717) is 10.6 Å². The molecule has 1 aliphatic rings. The van der Waals surface area contributed by atoms with Crippen LogP contribution in [0.4, 0.5) is 0 Å². The Bertz CT molecular complexity index is 1110. The predicted molar refractivity (Wildman–Crippen MR) is 117 cm³/mol. The van der Waals surface area contributed by atoms with Crippen LogP contribution >= 0.6 is 12.2 Å². The second-order valence-corrected chi connectivity index (χ2v) is 8.28. The molecule has 1 N–H and O–H groups in total. The van der Waals surface area contributed by atoms with E-state index in [1.807, 2.05) is 34.6 Å². The molecule has 4 rings (SSSR count). The molecule has 2 aromatic carbocycles. The topological polar surface area (TPSA) is 53.9 Å². The van der Waals surface area contributed by atoms with Crippen molar-refractivity contribution >= 4 is 18.1 Å². The number of rotatable bonds is 4. The molecule has 0 bridgehead atoms. The molecule has 0 aliphatic carbocycles. The largest absolute Gasteiger partial charge is 0.334 e. The van der Waals surface area contributed by atoms with Crippen LogP contribution in [0.1, 0.15) is 41.1 Å². The Morgan fingerprint density at radius 2 is 2.00 bits per heavy atom. The number of hydrogen-bond acceptors (Lipinski definition) is 3. The summed E-state index contributed by atoms with van der Waals surface area (Å²) < 4.78 is 2.28. The molecule has 150 valence electrons. The average Bonchev–Trinajstić information content (AvgIpc) is 3.32. The summed E-state index contributed by atoms with van der Waals surface area (Å²) >= 11 is 5.43. The zero-order chi connectivity index (χ0) is 20.5. The fourth-order valence-electron chi connectivity index (χ4n) is 4.08. The summed E-state index contributed by atoms with van der Waals surface area (Å²) in [6, 6.07) is 14.7. The zero-order valence-corrected chi connectivity index (χ0v) is 17.9. The van der Waals surface area contributed by atoms with Crippen LogP contribution in [-0.2, 0) is 11.3 Å². The minimum Gasteiger partial charge on any atom is -0.334 e. The Labute approximate surface area is 176 Å². The van der Waals surface area contributed by atoms with Crippen molar-refractivity contribution in [3.63, 3.8) is 0 Å². The van der Waals surface area contributed by atoms with Crippen LogP contribution in [0.15, 0.2) is 42.5 Å². The Balaban J connectivity index is 1.60. The highest BCUT2D eigenvalue weighted by Gasteiger charge is 2.30. The quantitative estimate of drug-likeness (QED) is 0.627. The predicted octanol–water partition coefficient (Wildman–Crippen LogP) is 4.90. The fourth-order valence-corrected chi connectivity index (χ4v) is 4.28. The number of aromatic amines is 1. The number of nitrogens with zero attached hydrogens (tertiary/aromatic N) is 3. The molecular formula is C23H26N4OS. The lowest BCUT2D eigenvalue weighted by molar-refractivity contribution is -0.132. The smallest absolute Gasteiger partial charge is 0.243 e. The second-order valence-electron chi connectivity index (χ2n) is 7.90. The number of nitrogens with one attached hydrogen (secondary N) is 1. The van der Waals surface area contributed by atoms with E-state index in [2.05, 4.69) is 48.3 Å². The molecule has 1 saturated heterocycles. The lowest BCUT2D eigenvalue weighted by Crippen LogP contribution is -2.33. The maximum atomic E-state index is 13.3. The first-order valence-corrected chi connectivity index (χ1v) is 10.4. The maximum Gasteiger partial charge on any atom is 0.243 e. The number of aryl methyl sites for hydroxylation is 3. The van der Waals surface area contributed by atoms with Gasteiger partial charge in [0.1, 0.15) is 6.54 Å². The molecule has 5 nitrogen and oxygen atoms in total. The van der Waals surface area contributed by atoms with Gasteiger partial charge in [0, 0.05) is 12.1 Å². The molecule has 1 fully saturated rings. The van der Waals surface area contributed by atoms with Crippen molar-refractivity contribution in [1.82, 2.24) is 19.7 Å². The van der Waals surface area contributed by atoms with Crippen LogP contribution in [0.2, 0.25) is 0 Å². The number of likely N-dealkylation sites (tertiary alicyclic amines) is 1. The summed E-state index contributed by atoms with van der Waals surface area (Å²) in [6.45, 7) is 7.25. The van der Waals surface area contributed by atoms with Crippen LogP contribution in [0, 0.1) is 25.5 Å². The molecule has 29 heavy (non-hydrogen) atoms. The number of benzene rings is 2. The molecule has 6 heteroatoms. The summed E-state index contributed by atoms with van der Waals surface area (Å²) in [5, 5.41) is 7.23. The van der Waals surface area contributed by atoms with Gasteiger partial charge in [-0.2, -0.15) is 5.10 Å². The van der Waals surface area contributed by atoms with Gasteiger partial charge in [-0.3, -0.25) is 14.5 Å². The van der Waals surface area contributed by atoms with E-state index in [0.717, 1.165) is 30.5 Å². The zero-order valence-electron chi connectivity index (χ0n) is 17.1. The third-order valence-electron chi connectivity index (χ3n) is 5.82. The number of carbonyl (C=O) groups excluding carboxylic acids is 1. The molecule has 0 spiro atoms. The first kappa shape index (κ1) is 19.6. The Hall–Kier alpha value is -2.73. The van der Waals surface area contributed by atoms with Crippen molar-refractivity contribution in [3.8, 4) is 11.4 Å². The minimum atomic E-state index is 0.0807. The van der Waals surface area contributed by atoms with Gasteiger partial charge in [0.25, 0.3) is 0 Å². The first-order chi connectivity index (χ1) is 13.9. The number of carbonyl (C=O) groups is 1. The first-order valence-electron chi connectivity index (χ1n) is 10.0. The van der Waals surface area contributed by atoms with Crippen LogP contribution in [0.5, 0.6) is 0 Å². The van der Waals surface area contributed by atoms with Gasteiger partial charge in [0.15, 0.2) is 10.6 Å². The van der Waals surface area contributed by atoms with Crippen molar-refractivity contribution < 1.29 is 4.79 Å². The summed E-state index contributed by atoms with van der Waals surface area (Å²) in [4.78, 5) is 15.3. The maximum absolute atomic E-state index is 13.3. The highest BCUT2D eigenvalue weighted by atomic mass is 32.1. The van der Waals surface area contributed by atoms with Crippen molar-refractivity contribution in [3.05, 3.63) is 69.5 Å². The SMILES string of the molecule is Cc1cccc(-c2n[nH]c(=S)n2CC(=O)N2CCC[C@H]2c2ccc(C)c(C)c2)c1. The number of hydrogen-bond donors (Lipinski definition) is 1. The summed E-state index contributed by atoms with van der Waals surface area (Å²) in [5.74, 6) is 0.783. The third-order valence-corrected chi connectivity index (χ3v) is 6.13. The Morgan fingerprint density at radius 3 is 2.76 bits per heavy atom. The standard InChI is InChI=1S/C23H26N4OS/c1-15-6-4-7-19(12-15)22-24-25-23(29)27(22)14-21(28)26-11-5-8-20(26)18-10-9-16(2)17(3)13-18/h4,6-7,9-10,12-13,20H,5,8,11,14H2,1-3H3,(H,25,29)/t20-/m0/s1. The van der Waals surface area contributed by atoms with Crippen LogP contribution < -0.4 is 0 Å². The lowest BCUT2D eigenvalue weighted by Gasteiger charge is -2.26. The molecule has 0 radical (unpaired) electrons. The molecule has 1 aromatic heterocycles. The Morgan fingerprint density at radius 1 is 1.17 bits per heavy atom. The van der Waals surface area contributed by atoms with E-state index in [1.165, 1.54) is 16.7 Å². The molecule has 0 saturated carbocycles. The van der Waals surface area contributed by atoms with Gasteiger partial charge in [-0.25, -0.2) is 0 Å². The Kier molecular flexibility index (Phi) is 5.37. The van der Waals surface area contributed by atoms with Crippen LogP contribution in [-0.4, -0.2) is 32.1 Å². The highest BCUT2D eigenvalue weighted by Crippen LogP contribution is 2.33. The normalized spacial score (nSPS) is 16.4. The van der Waals surface area contributed by atoms with Crippen molar-refractivity contribution in [2.75, 3.05) is 6.54 Å². The van der Waals surface area contributed by atoms with E-state index in [9.17, 15) is 4.79 Å². The number of amides is 1. The van der Waals surface area contributed by atoms with E-state index in [4.69, 9.17) is 12.2 Å². The molecule has 1 amide bonds. The van der Waals surface area contributed by atoms with Gasteiger partial charge in [0.05, 0.1) is 6.04 Å². The highest BCUT2D eigenvalue weighted by molar-refractivity contribution is 7.71.